The number of hydrogen-bond donors (Lipinski definition) is 3. The first-order valence-electron chi connectivity index (χ1n) is 7.59. The Balaban J connectivity index is 2.25. The average Bonchev–Trinajstić information content (AvgIpc) is 3.08. The molecule has 0 aliphatic heterocycles. The lowest BCUT2D eigenvalue weighted by Crippen LogP contribution is -2.30. The molecule has 0 spiro atoms. The predicted molar refractivity (Wildman–Crippen MR) is 88.5 cm³/mol. The van der Waals surface area contributed by atoms with Crippen LogP contribution in [-0.4, -0.2) is 49.0 Å². The zero-order valence-corrected chi connectivity index (χ0v) is 14.4. The minimum atomic E-state index is -1.26. The van der Waals surface area contributed by atoms with Crippen LogP contribution in [0.3, 0.4) is 0 Å². The molecular formula is C15H20N6O4. The largest absolute Gasteiger partial charge is 0.478 e. The van der Waals surface area contributed by atoms with Crippen LogP contribution in [0.1, 0.15) is 45.2 Å². The Kier molecular flexibility index (Phi) is 5.20. The van der Waals surface area contributed by atoms with E-state index in [1.165, 1.54) is 28.8 Å². The third-order valence-electron chi connectivity index (χ3n) is 3.35. The fourth-order valence-corrected chi connectivity index (χ4v) is 2.17. The van der Waals surface area contributed by atoms with Crippen molar-refractivity contribution >= 4 is 23.5 Å². The third-order valence-corrected chi connectivity index (χ3v) is 3.35. The number of anilines is 1. The van der Waals surface area contributed by atoms with Gasteiger partial charge in [-0.15, -0.1) is 0 Å². The van der Waals surface area contributed by atoms with Gasteiger partial charge in [-0.05, 0) is 5.92 Å². The molecule has 0 aliphatic carbocycles. The van der Waals surface area contributed by atoms with Gasteiger partial charge in [0.15, 0.2) is 5.69 Å². The van der Waals surface area contributed by atoms with Gasteiger partial charge in [0, 0.05) is 26.8 Å². The summed E-state index contributed by atoms with van der Waals surface area (Å²) in [6.45, 7) is 4.39. The Morgan fingerprint density at radius 2 is 1.92 bits per heavy atom. The number of nitrogens with one attached hydrogen (secondary N) is 2. The molecule has 134 valence electrons. The fourth-order valence-electron chi connectivity index (χ4n) is 2.17. The lowest BCUT2D eigenvalue weighted by Gasteiger charge is -2.10. The molecular weight excluding hydrogens is 328 g/mol. The molecule has 2 aromatic rings. The maximum Gasteiger partial charge on any atom is 0.339 e. The molecule has 10 heteroatoms. The molecule has 0 saturated heterocycles. The Labute approximate surface area is 143 Å². The first-order valence-corrected chi connectivity index (χ1v) is 7.59. The van der Waals surface area contributed by atoms with E-state index < -0.39 is 11.9 Å². The summed E-state index contributed by atoms with van der Waals surface area (Å²) in [5, 5.41) is 22.2. The highest BCUT2D eigenvalue weighted by molar-refractivity contribution is 6.11. The molecule has 3 N–H and O–H groups in total. The number of carbonyl (C=O) groups excluding carboxylic acids is 2. The zero-order valence-electron chi connectivity index (χ0n) is 14.4. The topological polar surface area (TPSA) is 131 Å². The van der Waals surface area contributed by atoms with Crippen LogP contribution in [0.2, 0.25) is 0 Å². The van der Waals surface area contributed by atoms with Crippen molar-refractivity contribution in [3.05, 3.63) is 29.3 Å². The van der Waals surface area contributed by atoms with Gasteiger partial charge in [-0.3, -0.25) is 19.0 Å². The molecule has 25 heavy (non-hydrogen) atoms. The van der Waals surface area contributed by atoms with Gasteiger partial charge < -0.3 is 15.7 Å². The van der Waals surface area contributed by atoms with Crippen LogP contribution in [0.4, 0.5) is 5.69 Å². The van der Waals surface area contributed by atoms with Crippen molar-refractivity contribution in [2.24, 2.45) is 20.0 Å². The van der Waals surface area contributed by atoms with E-state index in [1.54, 1.807) is 7.05 Å². The summed E-state index contributed by atoms with van der Waals surface area (Å²) in [5.41, 5.74) is -0.125. The lowest BCUT2D eigenvalue weighted by molar-refractivity contribution is 0.0692. The van der Waals surface area contributed by atoms with Crippen molar-refractivity contribution in [1.29, 1.82) is 0 Å². The summed E-state index contributed by atoms with van der Waals surface area (Å²) < 4.78 is 2.57. The number of aromatic carboxylic acids is 1. The van der Waals surface area contributed by atoms with Gasteiger partial charge in [0.25, 0.3) is 11.8 Å². The maximum absolute atomic E-state index is 12.4. The smallest absolute Gasteiger partial charge is 0.339 e. The van der Waals surface area contributed by atoms with Crippen molar-refractivity contribution in [3.63, 3.8) is 0 Å². The quantitative estimate of drug-likeness (QED) is 0.696. The van der Waals surface area contributed by atoms with Crippen molar-refractivity contribution in [3.8, 4) is 0 Å². The van der Waals surface area contributed by atoms with Crippen LogP contribution < -0.4 is 10.6 Å². The standard InChI is InChI=1S/C15H20N6O4/c1-8(2)5-16-14(23)12-10(6-17-21(12)4)18-13(22)11-9(15(24)25)7-20(3)19-11/h6-8H,5H2,1-4H3,(H,16,23)(H,18,22)(H,24,25). The van der Waals surface area contributed by atoms with E-state index >= 15 is 0 Å². The van der Waals surface area contributed by atoms with Gasteiger partial charge in [0.1, 0.15) is 11.3 Å². The normalized spacial score (nSPS) is 10.8. The van der Waals surface area contributed by atoms with Crippen molar-refractivity contribution in [1.82, 2.24) is 24.9 Å². The van der Waals surface area contributed by atoms with E-state index in [-0.39, 0.29) is 34.5 Å². The Morgan fingerprint density at radius 3 is 2.52 bits per heavy atom. The SMILES string of the molecule is CC(C)CNC(=O)c1c(NC(=O)c2nn(C)cc2C(=O)O)cnn1C. The number of nitrogens with zero attached hydrogens (tertiary/aromatic N) is 4. The molecule has 0 saturated carbocycles. The summed E-state index contributed by atoms with van der Waals surface area (Å²) in [7, 11) is 3.08. The molecule has 0 unspecified atom stereocenters. The summed E-state index contributed by atoms with van der Waals surface area (Å²) >= 11 is 0. The van der Waals surface area contributed by atoms with E-state index in [2.05, 4.69) is 20.8 Å². The summed E-state index contributed by atoms with van der Waals surface area (Å²) in [4.78, 5) is 35.9. The highest BCUT2D eigenvalue weighted by Crippen LogP contribution is 2.16. The Bertz CT molecular complexity index is 820. The Morgan fingerprint density at radius 1 is 1.24 bits per heavy atom. The number of aromatic nitrogens is 4. The van der Waals surface area contributed by atoms with Gasteiger partial charge in [0.2, 0.25) is 0 Å². The van der Waals surface area contributed by atoms with Crippen LogP contribution in [0.25, 0.3) is 0 Å². The van der Waals surface area contributed by atoms with Gasteiger partial charge in [-0.1, -0.05) is 13.8 Å². The molecule has 2 heterocycles. The first kappa shape index (κ1) is 18.2. The number of aryl methyl sites for hydroxylation is 2. The lowest BCUT2D eigenvalue weighted by atomic mass is 10.2. The van der Waals surface area contributed by atoms with Crippen molar-refractivity contribution in [2.75, 3.05) is 11.9 Å². The average molecular weight is 348 g/mol. The van der Waals surface area contributed by atoms with Gasteiger partial charge in [-0.25, -0.2) is 4.79 Å². The van der Waals surface area contributed by atoms with E-state index in [0.29, 0.717) is 6.54 Å². The number of carboxylic acids is 1. The molecule has 0 aromatic carbocycles. The molecule has 2 amide bonds. The predicted octanol–water partition coefficient (Wildman–Crippen LogP) is 0.490. The zero-order chi connectivity index (χ0) is 18.7. The van der Waals surface area contributed by atoms with Crippen LogP contribution in [0.15, 0.2) is 12.4 Å². The van der Waals surface area contributed by atoms with Gasteiger partial charge in [0.05, 0.1) is 11.9 Å². The molecule has 2 aromatic heterocycles. The molecule has 0 atom stereocenters. The third kappa shape index (κ3) is 4.03. The monoisotopic (exact) mass is 348 g/mol. The summed E-state index contributed by atoms with van der Waals surface area (Å²) in [6, 6.07) is 0. The molecule has 10 nitrogen and oxygen atoms in total. The first-order chi connectivity index (χ1) is 11.7. The second-order valence-electron chi connectivity index (χ2n) is 5.96. The van der Waals surface area contributed by atoms with Crippen LogP contribution in [0, 0.1) is 5.92 Å². The maximum atomic E-state index is 12.4. The minimum Gasteiger partial charge on any atom is -0.478 e. The van der Waals surface area contributed by atoms with E-state index in [1.807, 2.05) is 13.8 Å². The molecule has 0 bridgehead atoms. The number of rotatable bonds is 6. The van der Waals surface area contributed by atoms with Gasteiger partial charge >= 0.3 is 5.97 Å². The molecule has 0 fully saturated rings. The number of amides is 2. The van der Waals surface area contributed by atoms with E-state index in [0.717, 1.165) is 0 Å². The number of carboxylic acid groups (broad SMARTS) is 1. The summed E-state index contributed by atoms with van der Waals surface area (Å²) in [5.74, 6) is -2.12. The van der Waals surface area contributed by atoms with Crippen molar-refractivity contribution in [2.45, 2.75) is 13.8 Å². The van der Waals surface area contributed by atoms with E-state index in [9.17, 15) is 14.4 Å². The van der Waals surface area contributed by atoms with Crippen LogP contribution >= 0.6 is 0 Å². The second kappa shape index (κ2) is 7.16. The van der Waals surface area contributed by atoms with Crippen LogP contribution in [-0.2, 0) is 14.1 Å². The number of carbonyl (C=O) groups is 3. The highest BCUT2D eigenvalue weighted by atomic mass is 16.4. The molecule has 0 aliphatic rings. The molecule has 0 radical (unpaired) electrons. The van der Waals surface area contributed by atoms with Gasteiger partial charge in [-0.2, -0.15) is 10.2 Å². The minimum absolute atomic E-state index is 0.168. The second-order valence-corrected chi connectivity index (χ2v) is 5.96. The highest BCUT2D eigenvalue weighted by Gasteiger charge is 2.24. The Hall–Kier alpha value is -3.17. The number of hydrogen-bond acceptors (Lipinski definition) is 5. The van der Waals surface area contributed by atoms with Crippen molar-refractivity contribution < 1.29 is 19.5 Å². The summed E-state index contributed by atoms with van der Waals surface area (Å²) in [6.07, 6.45) is 2.56. The van der Waals surface area contributed by atoms with Crippen LogP contribution in [0.5, 0.6) is 0 Å². The van der Waals surface area contributed by atoms with E-state index in [4.69, 9.17) is 5.11 Å². The molecule has 2 rings (SSSR count). The fraction of sp³-hybridized carbons (Fsp3) is 0.400.